The second-order valence-corrected chi connectivity index (χ2v) is 12.0. The van der Waals surface area contributed by atoms with Crippen molar-refractivity contribution >= 4 is 12.2 Å². The molecule has 0 fully saturated rings. The Labute approximate surface area is 168 Å². The summed E-state index contributed by atoms with van der Waals surface area (Å²) in [5, 5.41) is 0. The molecule has 24 heavy (non-hydrogen) atoms. The van der Waals surface area contributed by atoms with E-state index in [4.69, 9.17) is 0 Å². The number of halogens is 2. The van der Waals surface area contributed by atoms with Gasteiger partial charge >= 0.3 is 145 Å². The summed E-state index contributed by atoms with van der Waals surface area (Å²) in [6.45, 7) is 4.71. The number of rotatable bonds is 3. The molecule has 0 N–H and O–H groups in total. The van der Waals surface area contributed by atoms with Crippen molar-refractivity contribution < 1.29 is 47.7 Å². The Hall–Kier alpha value is -0.630. The number of hydrogen-bond acceptors (Lipinski definition) is 0. The van der Waals surface area contributed by atoms with Crippen LogP contribution in [0, 0.1) is 5.92 Å². The molecule has 2 aliphatic carbocycles. The van der Waals surface area contributed by atoms with Gasteiger partial charge in [-0.05, 0) is 0 Å². The fourth-order valence-corrected chi connectivity index (χ4v) is 11.0. The molecule has 0 saturated heterocycles. The summed E-state index contributed by atoms with van der Waals surface area (Å²) in [7, 11) is 0. The average Bonchev–Trinajstić information content (AvgIpc) is 3.10. The van der Waals surface area contributed by atoms with Gasteiger partial charge in [0.1, 0.15) is 0 Å². The summed E-state index contributed by atoms with van der Waals surface area (Å²) in [6, 6.07) is 18.0. The largest absolute Gasteiger partial charge is 1.00 e. The fourth-order valence-electron chi connectivity index (χ4n) is 3.61. The first-order chi connectivity index (χ1) is 10.7. The van der Waals surface area contributed by atoms with E-state index in [1.54, 1.807) is 16.7 Å². The Morgan fingerprint density at radius 1 is 0.833 bits per heavy atom. The van der Waals surface area contributed by atoms with Crippen LogP contribution >= 0.6 is 0 Å². The van der Waals surface area contributed by atoms with E-state index in [2.05, 4.69) is 80.6 Å². The molecule has 0 spiro atoms. The summed E-state index contributed by atoms with van der Waals surface area (Å²) in [6.07, 6.45) is 7.29. The van der Waals surface area contributed by atoms with Gasteiger partial charge in [-0.15, -0.1) is 0 Å². The van der Waals surface area contributed by atoms with Gasteiger partial charge in [0, 0.05) is 0 Å². The van der Waals surface area contributed by atoms with Crippen LogP contribution in [-0.4, -0.2) is 0 Å². The molecule has 2 aliphatic rings. The maximum atomic E-state index is 2.48. The second kappa shape index (κ2) is 8.17. The van der Waals surface area contributed by atoms with Gasteiger partial charge in [0.15, 0.2) is 0 Å². The molecule has 0 amide bonds. The van der Waals surface area contributed by atoms with Crippen molar-refractivity contribution in [2.24, 2.45) is 5.92 Å². The predicted octanol–water partition coefficient (Wildman–Crippen LogP) is -0.361. The van der Waals surface area contributed by atoms with E-state index in [1.807, 2.05) is 0 Å². The third-order valence-electron chi connectivity index (χ3n) is 4.77. The zero-order chi connectivity index (χ0) is 15.1. The number of fused-ring (bicyclic) bond motifs is 2. The van der Waals surface area contributed by atoms with Crippen LogP contribution < -0.4 is 24.8 Å². The van der Waals surface area contributed by atoms with Gasteiger partial charge in [0.05, 0.1) is 0 Å². The summed E-state index contributed by atoms with van der Waals surface area (Å²) in [5.41, 5.74) is 7.79. The zero-order valence-corrected chi connectivity index (χ0v) is 18.9. The molecule has 0 saturated carbocycles. The number of hydrogen-bond donors (Lipinski definition) is 0. The molecule has 0 nitrogen and oxygen atoms in total. The molecule has 0 aromatic heterocycles. The van der Waals surface area contributed by atoms with Crippen molar-refractivity contribution in [2.45, 2.75) is 21.2 Å². The van der Waals surface area contributed by atoms with Crippen LogP contribution in [0.25, 0.3) is 12.2 Å². The van der Waals surface area contributed by atoms with Crippen molar-refractivity contribution in [3.05, 3.63) is 82.4 Å². The van der Waals surface area contributed by atoms with E-state index >= 15 is 0 Å². The SMILES string of the molecule is CC(C)C1=Cc2ccccc2[CH]1[Hf+2][CH]1C=Cc2ccccc21.[Cl-].[Cl-]. The molecule has 122 valence electrons. The summed E-state index contributed by atoms with van der Waals surface area (Å²) in [5.74, 6) is 0.658. The maximum Gasteiger partial charge on any atom is -1.00 e. The Kier molecular flexibility index (Phi) is 6.70. The minimum atomic E-state index is -0.893. The summed E-state index contributed by atoms with van der Waals surface area (Å²) >= 11 is -0.893. The van der Waals surface area contributed by atoms with Crippen LogP contribution in [0.3, 0.4) is 0 Å². The van der Waals surface area contributed by atoms with Crippen LogP contribution in [0.4, 0.5) is 0 Å². The van der Waals surface area contributed by atoms with Crippen molar-refractivity contribution in [3.8, 4) is 0 Å². The molecule has 0 heterocycles. The third kappa shape index (κ3) is 3.50. The van der Waals surface area contributed by atoms with Gasteiger partial charge < -0.3 is 24.8 Å². The topological polar surface area (TPSA) is 0 Å². The maximum absolute atomic E-state index is 2.48. The van der Waals surface area contributed by atoms with E-state index in [1.165, 1.54) is 11.1 Å². The van der Waals surface area contributed by atoms with Crippen LogP contribution in [0.15, 0.2) is 60.2 Å². The van der Waals surface area contributed by atoms with Crippen LogP contribution in [-0.2, 0) is 22.9 Å². The van der Waals surface area contributed by atoms with Crippen LogP contribution in [0.1, 0.15) is 43.5 Å². The molecular weight excluding hydrogens is 502 g/mol. The monoisotopic (exact) mass is 522 g/mol. The Morgan fingerprint density at radius 2 is 1.46 bits per heavy atom. The van der Waals surface area contributed by atoms with E-state index < -0.39 is 22.9 Å². The molecule has 2 aromatic rings. The van der Waals surface area contributed by atoms with E-state index in [-0.39, 0.29) is 24.8 Å². The molecule has 2 atom stereocenters. The molecule has 2 aromatic carbocycles. The van der Waals surface area contributed by atoms with Crippen molar-refractivity contribution in [1.82, 2.24) is 0 Å². The fraction of sp³-hybridized carbons (Fsp3) is 0.238. The number of benzene rings is 2. The minimum absolute atomic E-state index is 0. The summed E-state index contributed by atoms with van der Waals surface area (Å²) < 4.78 is 1.51. The van der Waals surface area contributed by atoms with E-state index in [9.17, 15) is 0 Å². The van der Waals surface area contributed by atoms with Gasteiger partial charge in [-0.25, -0.2) is 0 Å². The first-order valence-corrected chi connectivity index (χ1v) is 12.2. The first-order valence-electron chi connectivity index (χ1n) is 8.07. The zero-order valence-electron chi connectivity index (χ0n) is 13.8. The summed E-state index contributed by atoms with van der Waals surface area (Å²) in [4.78, 5) is 0. The van der Waals surface area contributed by atoms with E-state index in [0.717, 1.165) is 7.35 Å². The van der Waals surface area contributed by atoms with Gasteiger partial charge in [-0.3, -0.25) is 0 Å². The van der Waals surface area contributed by atoms with Gasteiger partial charge in [0.2, 0.25) is 0 Å². The first kappa shape index (κ1) is 19.7. The third-order valence-corrected chi connectivity index (χ3v) is 11.4. The minimum Gasteiger partial charge on any atom is -1.00 e. The van der Waals surface area contributed by atoms with Crippen molar-refractivity contribution in [1.29, 1.82) is 0 Å². The molecular formula is C21H20Cl2Hf. The van der Waals surface area contributed by atoms with Gasteiger partial charge in [-0.2, -0.15) is 0 Å². The predicted molar refractivity (Wildman–Crippen MR) is 90.2 cm³/mol. The van der Waals surface area contributed by atoms with Crippen molar-refractivity contribution in [2.75, 3.05) is 0 Å². The van der Waals surface area contributed by atoms with Crippen molar-refractivity contribution in [3.63, 3.8) is 0 Å². The molecule has 0 radical (unpaired) electrons. The Morgan fingerprint density at radius 3 is 2.17 bits per heavy atom. The molecule has 2 unspecified atom stereocenters. The van der Waals surface area contributed by atoms with Gasteiger partial charge in [0.25, 0.3) is 0 Å². The Bertz CT molecular complexity index is 777. The molecule has 0 aliphatic heterocycles. The smallest absolute Gasteiger partial charge is 1.00 e. The van der Waals surface area contributed by atoms with E-state index in [0.29, 0.717) is 5.92 Å². The second-order valence-electron chi connectivity index (χ2n) is 6.49. The average molecular weight is 522 g/mol. The molecule has 4 rings (SSSR count). The van der Waals surface area contributed by atoms with Crippen LogP contribution in [0.5, 0.6) is 0 Å². The number of allylic oxidation sites excluding steroid dienone is 2. The van der Waals surface area contributed by atoms with Gasteiger partial charge in [-0.1, -0.05) is 0 Å². The quantitative estimate of drug-likeness (QED) is 0.484. The normalized spacial score (nSPS) is 19.7. The van der Waals surface area contributed by atoms with Crippen LogP contribution in [0.2, 0.25) is 0 Å². The Balaban J connectivity index is 0.00000104. The molecule has 0 bridgehead atoms. The standard InChI is InChI=1S/C12H13.C9H7.2ClH.Hf/c1-9(2)12-7-10-5-3-4-6-11(10)8-12;1-2-5-9-7-3-6-8(9)4-1;;;/h3-9H,1-2H3;1-7H;2*1H;/q;;;;+2/p-2. The molecule has 3 heteroatoms.